The lowest BCUT2D eigenvalue weighted by molar-refractivity contribution is -0.384. The minimum atomic E-state index is -0.698. The molecule has 7 aromatic rings. The Morgan fingerprint density at radius 3 is 1.21 bits per heavy atom. The van der Waals surface area contributed by atoms with E-state index in [4.69, 9.17) is 9.31 Å². The number of hydrogen-bond acceptors (Lipinski definition) is 12. The largest absolute Gasteiger partial charge is 0.501 e. The molecule has 0 spiro atoms. The maximum atomic E-state index is 11.4. The van der Waals surface area contributed by atoms with Crippen molar-refractivity contribution in [1.29, 1.82) is 0 Å². The van der Waals surface area contributed by atoms with Gasteiger partial charge in [0.05, 0.1) is 65.3 Å². The standard InChI is InChI=1S/C22H14N4O4.C12H16BNO4.C10H6Br2N2/c27-25(28)21-7-3-1-5-17(21)15-9-11-23-19(13-15)20-14-16(10-12-24-20)18-6-2-4-8-22(18)26(29)30;1-11(2)12(3,4)18-13(17-11)9-7-5-6-8-10(9)14(15)16;11-7-1-3-13-9(5-7)10-6-8(12)2-4-14-10/h1-14H;5-8H,1-4H3;1-6H. The predicted molar refractivity (Wildman–Crippen MR) is 243 cm³/mol. The van der Waals surface area contributed by atoms with Crippen LogP contribution in [-0.2, 0) is 9.31 Å². The highest BCUT2D eigenvalue weighted by Crippen LogP contribution is 2.37. The highest BCUT2D eigenvalue weighted by molar-refractivity contribution is 9.10. The molecule has 0 N–H and O–H groups in total. The summed E-state index contributed by atoms with van der Waals surface area (Å²) >= 11 is 6.80. The quantitative estimate of drug-likeness (QED) is 0.0794. The Morgan fingerprint density at radius 1 is 0.484 bits per heavy atom. The molecule has 0 amide bonds. The van der Waals surface area contributed by atoms with Crippen molar-refractivity contribution in [3.05, 3.63) is 185 Å². The summed E-state index contributed by atoms with van der Waals surface area (Å²) in [7, 11) is -0.698. The summed E-state index contributed by atoms with van der Waals surface area (Å²) in [6.07, 6.45) is 6.62. The van der Waals surface area contributed by atoms with Crippen molar-refractivity contribution in [3.63, 3.8) is 0 Å². The number of halogens is 2. The lowest BCUT2D eigenvalue weighted by Gasteiger charge is -2.32. The first-order valence-electron chi connectivity index (χ1n) is 18.8. The first kappa shape index (κ1) is 44.9. The molecule has 0 aliphatic carbocycles. The van der Waals surface area contributed by atoms with E-state index in [0.29, 0.717) is 39.1 Å². The molecule has 1 fully saturated rings. The smallest absolute Gasteiger partial charge is 0.399 e. The highest BCUT2D eigenvalue weighted by atomic mass is 79.9. The van der Waals surface area contributed by atoms with Crippen molar-refractivity contribution < 1.29 is 24.1 Å². The van der Waals surface area contributed by atoms with Gasteiger partial charge in [-0.1, -0.05) is 74.3 Å². The van der Waals surface area contributed by atoms with Gasteiger partial charge < -0.3 is 9.31 Å². The van der Waals surface area contributed by atoms with Crippen LogP contribution < -0.4 is 5.46 Å². The van der Waals surface area contributed by atoms with Crippen LogP contribution in [0.1, 0.15) is 27.7 Å². The molecule has 8 rings (SSSR count). The van der Waals surface area contributed by atoms with Crippen LogP contribution in [0.5, 0.6) is 0 Å². The van der Waals surface area contributed by atoms with E-state index in [9.17, 15) is 30.3 Å². The van der Waals surface area contributed by atoms with Gasteiger partial charge in [0.2, 0.25) is 0 Å². The third-order valence-electron chi connectivity index (χ3n) is 9.95. The van der Waals surface area contributed by atoms with E-state index in [-0.39, 0.29) is 17.1 Å². The van der Waals surface area contributed by atoms with Gasteiger partial charge in [0, 0.05) is 51.9 Å². The van der Waals surface area contributed by atoms with Gasteiger partial charge >= 0.3 is 7.12 Å². The number of rotatable bonds is 8. The lowest BCUT2D eigenvalue weighted by Crippen LogP contribution is -2.41. The fourth-order valence-corrected chi connectivity index (χ4v) is 6.81. The summed E-state index contributed by atoms with van der Waals surface area (Å²) < 4.78 is 13.6. The second-order valence-electron chi connectivity index (χ2n) is 14.5. The van der Waals surface area contributed by atoms with Crippen LogP contribution in [-0.4, -0.2) is 53.0 Å². The van der Waals surface area contributed by atoms with Crippen LogP contribution in [0, 0.1) is 30.3 Å². The van der Waals surface area contributed by atoms with Gasteiger partial charge in [0.15, 0.2) is 0 Å². The summed E-state index contributed by atoms with van der Waals surface area (Å²) in [5.41, 5.74) is 4.42. The van der Waals surface area contributed by atoms with Gasteiger partial charge in [-0.15, -0.1) is 0 Å². The number of pyridine rings is 4. The molecule has 0 radical (unpaired) electrons. The molecule has 5 heterocycles. The Balaban J connectivity index is 0.000000170. The molecule has 62 heavy (non-hydrogen) atoms. The molecule has 1 aliphatic heterocycles. The molecular formula is C44H36BBr2N7O8. The number of nitro groups is 3. The zero-order chi connectivity index (χ0) is 44.6. The molecule has 3 aromatic carbocycles. The molecule has 0 bridgehead atoms. The van der Waals surface area contributed by atoms with Gasteiger partial charge in [-0.3, -0.25) is 50.3 Å². The zero-order valence-corrected chi connectivity index (χ0v) is 36.8. The maximum absolute atomic E-state index is 11.4. The Kier molecular flexibility index (Phi) is 14.1. The lowest BCUT2D eigenvalue weighted by atomic mass is 9.78. The molecular weight excluding hydrogens is 925 g/mol. The summed E-state index contributed by atoms with van der Waals surface area (Å²) in [6.45, 7) is 7.67. The van der Waals surface area contributed by atoms with E-state index in [1.54, 1.807) is 104 Å². The Hall–Kier alpha value is -6.60. The average molecular weight is 961 g/mol. The van der Waals surface area contributed by atoms with E-state index in [1.165, 1.54) is 18.2 Å². The van der Waals surface area contributed by atoms with Gasteiger partial charge in [0.25, 0.3) is 17.1 Å². The zero-order valence-electron chi connectivity index (χ0n) is 33.6. The monoisotopic (exact) mass is 959 g/mol. The Labute approximate surface area is 373 Å². The second-order valence-corrected chi connectivity index (χ2v) is 16.4. The van der Waals surface area contributed by atoms with Crippen LogP contribution in [0.15, 0.2) is 155 Å². The van der Waals surface area contributed by atoms with Crippen LogP contribution in [0.4, 0.5) is 17.1 Å². The summed E-state index contributed by atoms with van der Waals surface area (Å²) in [4.78, 5) is 49.6. The molecule has 4 aromatic heterocycles. The van der Waals surface area contributed by atoms with Crippen molar-refractivity contribution in [1.82, 2.24) is 19.9 Å². The fraction of sp³-hybridized carbons (Fsp3) is 0.136. The van der Waals surface area contributed by atoms with E-state index < -0.39 is 33.1 Å². The maximum Gasteiger partial charge on any atom is 0.501 e. The van der Waals surface area contributed by atoms with E-state index >= 15 is 0 Å². The Morgan fingerprint density at radius 2 is 0.823 bits per heavy atom. The van der Waals surface area contributed by atoms with Crippen LogP contribution in [0.25, 0.3) is 45.0 Å². The summed E-state index contributed by atoms with van der Waals surface area (Å²) in [5.74, 6) is 0. The van der Waals surface area contributed by atoms with Crippen molar-refractivity contribution in [3.8, 4) is 45.0 Å². The minimum absolute atomic E-state index is 0.00345. The number of benzene rings is 3. The molecule has 1 aliphatic rings. The van der Waals surface area contributed by atoms with Gasteiger partial charge in [-0.05, 0) is 99.5 Å². The average Bonchev–Trinajstić information content (AvgIpc) is 3.49. The van der Waals surface area contributed by atoms with E-state index in [1.807, 2.05) is 52.0 Å². The van der Waals surface area contributed by atoms with Crippen LogP contribution in [0.3, 0.4) is 0 Å². The number of para-hydroxylation sites is 3. The van der Waals surface area contributed by atoms with Crippen molar-refractivity contribution in [2.75, 3.05) is 0 Å². The topological polar surface area (TPSA) is 199 Å². The number of hydrogen-bond donors (Lipinski definition) is 0. The summed E-state index contributed by atoms with van der Waals surface area (Å²) in [5, 5.41) is 33.7. The third kappa shape index (κ3) is 10.6. The molecule has 0 saturated carbocycles. The fourth-order valence-electron chi connectivity index (χ4n) is 6.14. The number of nitro benzene ring substituents is 3. The second kappa shape index (κ2) is 19.4. The molecule has 0 atom stereocenters. The van der Waals surface area contributed by atoms with Crippen LogP contribution >= 0.6 is 31.9 Å². The molecule has 0 unspecified atom stereocenters. The first-order valence-corrected chi connectivity index (χ1v) is 20.4. The van der Waals surface area contributed by atoms with Gasteiger partial charge in [0.1, 0.15) is 0 Å². The van der Waals surface area contributed by atoms with Crippen LogP contribution in [0.2, 0.25) is 0 Å². The normalized spacial score (nSPS) is 13.5. The van der Waals surface area contributed by atoms with Crippen molar-refractivity contribution >= 4 is 61.5 Å². The van der Waals surface area contributed by atoms with Crippen molar-refractivity contribution in [2.45, 2.75) is 38.9 Å². The SMILES string of the molecule is Brc1ccnc(-c2cc(Br)ccn2)c1.CC1(C)OB(c2ccccc2[N+](=O)[O-])OC1(C)C.O=[N+]([O-])c1ccccc1-c1ccnc(-c2cc(-c3ccccc3[N+](=O)[O-])ccn2)c1. The number of nitrogens with zero attached hydrogens (tertiary/aromatic N) is 7. The van der Waals surface area contributed by atoms with E-state index in [0.717, 1.165) is 20.3 Å². The van der Waals surface area contributed by atoms with Crippen molar-refractivity contribution in [2.24, 2.45) is 0 Å². The minimum Gasteiger partial charge on any atom is -0.399 e. The first-order chi connectivity index (χ1) is 29.5. The summed E-state index contributed by atoms with van der Waals surface area (Å²) in [6, 6.07) is 33.9. The predicted octanol–water partition coefficient (Wildman–Crippen LogP) is 10.9. The molecule has 15 nitrogen and oxygen atoms in total. The molecule has 312 valence electrons. The third-order valence-corrected chi connectivity index (χ3v) is 10.9. The Bertz CT molecular complexity index is 2620. The molecule has 18 heteroatoms. The van der Waals surface area contributed by atoms with E-state index in [2.05, 4.69) is 51.8 Å². The van der Waals surface area contributed by atoms with Gasteiger partial charge in [-0.25, -0.2) is 0 Å². The number of aromatic nitrogens is 4. The van der Waals surface area contributed by atoms with Gasteiger partial charge in [-0.2, -0.15) is 0 Å². The highest BCUT2D eigenvalue weighted by Gasteiger charge is 2.53. The molecule has 1 saturated heterocycles.